The first-order chi connectivity index (χ1) is 8.83. The Hall–Kier alpha value is -0.800. The summed E-state index contributed by atoms with van der Waals surface area (Å²) in [4.78, 5) is 1.56. The van der Waals surface area contributed by atoms with E-state index in [1.54, 1.807) is 4.91 Å². The van der Waals surface area contributed by atoms with Gasteiger partial charge in [-0.3, -0.25) is 0 Å². The fourth-order valence-electron chi connectivity index (χ4n) is 2.32. The topological polar surface area (TPSA) is 3.88 Å². The van der Waals surface area contributed by atoms with E-state index in [-0.39, 0.29) is 0 Å². The number of para-hydroxylation sites is 1. The van der Waals surface area contributed by atoms with Crippen LogP contribution < -0.4 is 4.57 Å². The molecule has 0 amide bonds. The summed E-state index contributed by atoms with van der Waals surface area (Å²) in [5, 5.41) is 1.40. The molecule has 18 heavy (non-hydrogen) atoms. The minimum atomic E-state index is 0.843. The number of hydrogen-bond acceptors (Lipinski definition) is 2. The SMILES string of the molecule is CC[n+]1c(C=C(SC)C2CC2)sc2ccccc21. The third-order valence-corrected chi connectivity index (χ3v) is 5.47. The lowest BCUT2D eigenvalue weighted by Crippen LogP contribution is -2.33. The summed E-state index contributed by atoms with van der Waals surface area (Å²) in [6, 6.07) is 8.70. The smallest absolute Gasteiger partial charge is 0.182 e. The number of rotatable bonds is 4. The number of aromatic nitrogens is 1. The third-order valence-electron chi connectivity index (χ3n) is 3.43. The van der Waals surface area contributed by atoms with Gasteiger partial charge in [-0.2, -0.15) is 4.57 Å². The quantitative estimate of drug-likeness (QED) is 0.752. The lowest BCUT2D eigenvalue weighted by Gasteiger charge is -1.98. The van der Waals surface area contributed by atoms with E-state index in [2.05, 4.69) is 48.1 Å². The molecule has 2 aromatic rings. The van der Waals surface area contributed by atoms with Crippen LogP contribution in [0.25, 0.3) is 16.3 Å². The molecule has 1 fully saturated rings. The molecule has 0 spiro atoms. The van der Waals surface area contributed by atoms with Crippen LogP contribution in [-0.4, -0.2) is 6.26 Å². The van der Waals surface area contributed by atoms with Crippen molar-refractivity contribution in [2.45, 2.75) is 26.3 Å². The lowest BCUT2D eigenvalue weighted by atomic mass is 10.3. The lowest BCUT2D eigenvalue weighted by molar-refractivity contribution is -0.665. The number of thiazole rings is 1. The van der Waals surface area contributed by atoms with Crippen LogP contribution in [0.15, 0.2) is 29.2 Å². The zero-order valence-corrected chi connectivity index (χ0v) is 12.5. The summed E-state index contributed by atoms with van der Waals surface area (Å²) in [6.07, 6.45) is 7.37. The molecule has 0 aliphatic heterocycles. The van der Waals surface area contributed by atoms with Gasteiger partial charge in [-0.1, -0.05) is 23.5 Å². The molecule has 0 bridgehead atoms. The van der Waals surface area contributed by atoms with Crippen LogP contribution in [0.5, 0.6) is 0 Å². The summed E-state index contributed by atoms with van der Waals surface area (Å²) in [7, 11) is 0. The van der Waals surface area contributed by atoms with Gasteiger partial charge in [-0.15, -0.1) is 11.8 Å². The summed E-state index contributed by atoms with van der Waals surface area (Å²) < 4.78 is 3.82. The molecule has 1 saturated carbocycles. The fourth-order valence-corrected chi connectivity index (χ4v) is 4.37. The van der Waals surface area contributed by atoms with Gasteiger partial charge in [0.1, 0.15) is 11.2 Å². The normalized spacial score (nSPS) is 16.4. The summed E-state index contributed by atoms with van der Waals surface area (Å²) in [6.45, 7) is 3.27. The molecule has 0 radical (unpaired) electrons. The van der Waals surface area contributed by atoms with Crippen LogP contribution in [-0.2, 0) is 6.54 Å². The minimum Gasteiger partial charge on any atom is -0.182 e. The van der Waals surface area contributed by atoms with Crippen LogP contribution in [0, 0.1) is 5.92 Å². The second kappa shape index (κ2) is 5.06. The van der Waals surface area contributed by atoms with E-state index in [4.69, 9.17) is 0 Å². The molecule has 0 unspecified atom stereocenters. The highest BCUT2D eigenvalue weighted by Gasteiger charge is 2.27. The van der Waals surface area contributed by atoms with Crippen molar-refractivity contribution in [2.24, 2.45) is 5.92 Å². The highest BCUT2D eigenvalue weighted by molar-refractivity contribution is 8.02. The van der Waals surface area contributed by atoms with Gasteiger partial charge in [0.25, 0.3) is 5.01 Å². The van der Waals surface area contributed by atoms with Crippen LogP contribution in [0.1, 0.15) is 24.8 Å². The first-order valence-electron chi connectivity index (χ1n) is 6.50. The van der Waals surface area contributed by atoms with Crippen LogP contribution >= 0.6 is 23.1 Å². The van der Waals surface area contributed by atoms with Crippen molar-refractivity contribution >= 4 is 39.4 Å². The highest BCUT2D eigenvalue weighted by Crippen LogP contribution is 2.42. The van der Waals surface area contributed by atoms with E-state index < -0.39 is 0 Å². The Labute approximate surface area is 117 Å². The average Bonchev–Trinajstić information content (AvgIpc) is 3.17. The zero-order valence-electron chi connectivity index (χ0n) is 10.8. The predicted octanol–water partition coefficient (Wildman–Crippen LogP) is 4.32. The molecule has 94 valence electrons. The van der Waals surface area contributed by atoms with Gasteiger partial charge in [0.2, 0.25) is 5.52 Å². The average molecular weight is 276 g/mol. The highest BCUT2D eigenvalue weighted by atomic mass is 32.2. The van der Waals surface area contributed by atoms with Crippen molar-refractivity contribution in [1.29, 1.82) is 0 Å². The van der Waals surface area contributed by atoms with Gasteiger partial charge in [-0.05, 0) is 42.9 Å². The number of fused-ring (bicyclic) bond motifs is 1. The van der Waals surface area contributed by atoms with Crippen molar-refractivity contribution in [3.05, 3.63) is 34.2 Å². The predicted molar refractivity (Wildman–Crippen MR) is 81.9 cm³/mol. The minimum absolute atomic E-state index is 0.843. The molecule has 1 aromatic carbocycles. The van der Waals surface area contributed by atoms with E-state index in [0.29, 0.717) is 0 Å². The molecule has 3 heteroatoms. The Balaban J connectivity index is 2.10. The molecule has 0 N–H and O–H groups in total. The first kappa shape index (κ1) is 12.2. The van der Waals surface area contributed by atoms with Crippen LogP contribution in [0.2, 0.25) is 0 Å². The molecule has 1 aromatic heterocycles. The molecule has 1 heterocycles. The van der Waals surface area contributed by atoms with Crippen molar-refractivity contribution in [3.8, 4) is 0 Å². The van der Waals surface area contributed by atoms with Crippen LogP contribution in [0.4, 0.5) is 0 Å². The molecule has 0 saturated heterocycles. The summed E-state index contributed by atoms with van der Waals surface area (Å²) >= 11 is 3.83. The van der Waals surface area contributed by atoms with Gasteiger partial charge >= 0.3 is 0 Å². The maximum Gasteiger partial charge on any atom is 0.263 e. The number of aryl methyl sites for hydroxylation is 1. The molecule has 1 nitrogen and oxygen atoms in total. The summed E-state index contributed by atoms with van der Waals surface area (Å²) in [5.41, 5.74) is 1.37. The summed E-state index contributed by atoms with van der Waals surface area (Å²) in [5.74, 6) is 0.843. The molecular weight excluding hydrogens is 258 g/mol. The van der Waals surface area contributed by atoms with E-state index in [9.17, 15) is 0 Å². The van der Waals surface area contributed by atoms with Crippen molar-refractivity contribution in [3.63, 3.8) is 0 Å². The van der Waals surface area contributed by atoms with E-state index >= 15 is 0 Å². The van der Waals surface area contributed by atoms with E-state index in [1.807, 2.05) is 23.1 Å². The van der Waals surface area contributed by atoms with Gasteiger partial charge in [-0.25, -0.2) is 0 Å². The fraction of sp³-hybridized carbons (Fsp3) is 0.400. The van der Waals surface area contributed by atoms with Crippen molar-refractivity contribution in [2.75, 3.05) is 6.26 Å². The molecule has 1 aliphatic rings. The third kappa shape index (κ3) is 2.21. The Morgan fingerprint density at radius 2 is 2.22 bits per heavy atom. The van der Waals surface area contributed by atoms with Gasteiger partial charge in [0, 0.05) is 12.1 Å². The molecule has 3 rings (SSSR count). The van der Waals surface area contributed by atoms with E-state index in [0.717, 1.165) is 12.5 Å². The molecular formula is C15H18NS2+. The van der Waals surface area contributed by atoms with Gasteiger partial charge in [0.15, 0.2) is 0 Å². The standard InChI is InChI=1S/C15H18NS2/c1-3-16-12-6-4-5-7-13(12)18-15(16)10-14(17-2)11-8-9-11/h4-7,10-11H,3,8-9H2,1-2H3/q+1. The van der Waals surface area contributed by atoms with E-state index in [1.165, 1.54) is 28.1 Å². The second-order valence-corrected chi connectivity index (χ2v) is 6.62. The zero-order chi connectivity index (χ0) is 12.5. The Morgan fingerprint density at radius 1 is 1.44 bits per heavy atom. The number of nitrogens with zero attached hydrogens (tertiary/aromatic N) is 1. The Morgan fingerprint density at radius 3 is 2.89 bits per heavy atom. The van der Waals surface area contributed by atoms with Gasteiger partial charge in [0.05, 0.1) is 0 Å². The number of hydrogen-bond donors (Lipinski definition) is 0. The number of thioether (sulfide) groups is 1. The number of benzene rings is 1. The van der Waals surface area contributed by atoms with Crippen molar-refractivity contribution in [1.82, 2.24) is 0 Å². The number of allylic oxidation sites excluding steroid dienone is 1. The maximum atomic E-state index is 2.43. The van der Waals surface area contributed by atoms with Gasteiger partial charge < -0.3 is 0 Å². The largest absolute Gasteiger partial charge is 0.263 e. The first-order valence-corrected chi connectivity index (χ1v) is 8.54. The maximum absolute atomic E-state index is 2.43. The monoisotopic (exact) mass is 276 g/mol. The van der Waals surface area contributed by atoms with Crippen molar-refractivity contribution < 1.29 is 4.57 Å². The molecule has 0 atom stereocenters. The Bertz CT molecular complexity index is 594. The van der Waals surface area contributed by atoms with Crippen LogP contribution in [0.3, 0.4) is 0 Å². The Kier molecular flexibility index (Phi) is 3.44. The molecule has 1 aliphatic carbocycles. The second-order valence-electron chi connectivity index (χ2n) is 4.68.